The monoisotopic (exact) mass is 339 g/mol. The Bertz CT molecular complexity index is 800. The quantitative estimate of drug-likeness (QED) is 0.924. The first-order chi connectivity index (χ1) is 11.0. The molecular formula is C15H15F2N3O2S. The van der Waals surface area contributed by atoms with Crippen molar-refractivity contribution >= 4 is 10.0 Å². The smallest absolute Gasteiger partial charge is 0.243 e. The van der Waals surface area contributed by atoms with Gasteiger partial charge in [0.05, 0.1) is 10.9 Å². The number of hydrogen-bond donors (Lipinski definition) is 1. The van der Waals surface area contributed by atoms with Crippen molar-refractivity contribution in [3.63, 3.8) is 0 Å². The van der Waals surface area contributed by atoms with Crippen molar-refractivity contribution in [3.8, 4) is 0 Å². The van der Waals surface area contributed by atoms with Gasteiger partial charge in [0.15, 0.2) is 11.6 Å². The van der Waals surface area contributed by atoms with Crippen molar-refractivity contribution in [2.75, 3.05) is 19.6 Å². The van der Waals surface area contributed by atoms with Crippen molar-refractivity contribution in [1.82, 2.24) is 14.6 Å². The van der Waals surface area contributed by atoms with Crippen molar-refractivity contribution in [2.24, 2.45) is 0 Å². The Morgan fingerprint density at radius 2 is 2.04 bits per heavy atom. The fourth-order valence-electron chi connectivity index (χ4n) is 2.60. The maximum atomic E-state index is 13.4. The van der Waals surface area contributed by atoms with Gasteiger partial charge in [-0.25, -0.2) is 17.2 Å². The summed E-state index contributed by atoms with van der Waals surface area (Å²) in [7, 11) is -3.94. The second-order valence-corrected chi connectivity index (χ2v) is 7.09. The maximum absolute atomic E-state index is 13.4. The molecule has 23 heavy (non-hydrogen) atoms. The first-order valence-electron chi connectivity index (χ1n) is 7.07. The zero-order valence-electron chi connectivity index (χ0n) is 12.1. The standard InChI is InChI=1S/C15H15F2N3O2S/c16-13-4-3-12(8-14(13)17)23(21,22)20-7-6-19-10-15(20)11-2-1-5-18-9-11/h1-5,8-9,15,19H,6-7,10H2. The van der Waals surface area contributed by atoms with Gasteiger partial charge in [-0.15, -0.1) is 0 Å². The lowest BCUT2D eigenvalue weighted by atomic mass is 10.1. The summed E-state index contributed by atoms with van der Waals surface area (Å²) in [6.45, 7) is 1.15. The van der Waals surface area contributed by atoms with Crippen LogP contribution in [0.15, 0.2) is 47.6 Å². The minimum Gasteiger partial charge on any atom is -0.313 e. The summed E-state index contributed by atoms with van der Waals surface area (Å²) in [5, 5.41) is 3.14. The average molecular weight is 339 g/mol. The molecule has 0 bridgehead atoms. The van der Waals surface area contributed by atoms with Gasteiger partial charge in [0.2, 0.25) is 10.0 Å². The molecule has 1 saturated heterocycles. The van der Waals surface area contributed by atoms with Crippen LogP contribution < -0.4 is 5.32 Å². The Kier molecular flexibility index (Phi) is 4.38. The first kappa shape index (κ1) is 16.0. The van der Waals surface area contributed by atoms with E-state index in [1.54, 1.807) is 24.5 Å². The first-order valence-corrected chi connectivity index (χ1v) is 8.51. The molecule has 1 aromatic carbocycles. The molecule has 1 N–H and O–H groups in total. The molecule has 0 aliphatic carbocycles. The molecule has 0 amide bonds. The van der Waals surface area contributed by atoms with Gasteiger partial charge >= 0.3 is 0 Å². The van der Waals surface area contributed by atoms with Gasteiger partial charge in [-0.3, -0.25) is 4.98 Å². The molecule has 1 atom stereocenters. The predicted octanol–water partition coefficient (Wildman–Crippen LogP) is 1.70. The lowest BCUT2D eigenvalue weighted by Gasteiger charge is -2.35. The number of rotatable bonds is 3. The molecule has 0 saturated carbocycles. The maximum Gasteiger partial charge on any atom is 0.243 e. The lowest BCUT2D eigenvalue weighted by Crippen LogP contribution is -2.48. The second kappa shape index (κ2) is 6.31. The van der Waals surface area contributed by atoms with E-state index < -0.39 is 27.7 Å². The van der Waals surface area contributed by atoms with E-state index in [0.29, 0.717) is 19.2 Å². The van der Waals surface area contributed by atoms with E-state index in [4.69, 9.17) is 0 Å². The molecule has 122 valence electrons. The number of piperazine rings is 1. The molecule has 1 aromatic heterocycles. The SMILES string of the molecule is O=S(=O)(c1ccc(F)c(F)c1)N1CCNCC1c1cccnc1. The minimum absolute atomic E-state index is 0.237. The summed E-state index contributed by atoms with van der Waals surface area (Å²) in [5.41, 5.74) is 0.742. The van der Waals surface area contributed by atoms with Crippen LogP contribution in [-0.2, 0) is 10.0 Å². The summed E-state index contributed by atoms with van der Waals surface area (Å²) in [5.74, 6) is -2.26. The minimum atomic E-state index is -3.94. The van der Waals surface area contributed by atoms with Crippen LogP contribution in [0.5, 0.6) is 0 Å². The number of aromatic nitrogens is 1. The van der Waals surface area contributed by atoms with Crippen LogP contribution in [0.25, 0.3) is 0 Å². The Morgan fingerprint density at radius 3 is 2.74 bits per heavy atom. The summed E-state index contributed by atoms with van der Waals surface area (Å²) < 4.78 is 53.4. The largest absolute Gasteiger partial charge is 0.313 e. The van der Waals surface area contributed by atoms with E-state index in [1.165, 1.54) is 4.31 Å². The van der Waals surface area contributed by atoms with Gasteiger partial charge < -0.3 is 5.32 Å². The number of benzene rings is 1. The third-order valence-corrected chi connectivity index (χ3v) is 5.67. The number of sulfonamides is 1. The van der Waals surface area contributed by atoms with Crippen LogP contribution in [0.1, 0.15) is 11.6 Å². The Balaban J connectivity index is 2.00. The summed E-state index contributed by atoms with van der Waals surface area (Å²) in [4.78, 5) is 3.76. The summed E-state index contributed by atoms with van der Waals surface area (Å²) >= 11 is 0. The molecular weight excluding hydrogens is 324 g/mol. The number of nitrogens with one attached hydrogen (secondary N) is 1. The van der Waals surface area contributed by atoms with Crippen molar-refractivity contribution < 1.29 is 17.2 Å². The topological polar surface area (TPSA) is 62.3 Å². The Labute approximate surface area is 133 Å². The zero-order chi connectivity index (χ0) is 16.4. The molecule has 0 radical (unpaired) electrons. The zero-order valence-corrected chi connectivity index (χ0v) is 12.9. The van der Waals surface area contributed by atoms with Gasteiger partial charge in [-0.1, -0.05) is 6.07 Å². The van der Waals surface area contributed by atoms with Gasteiger partial charge in [-0.05, 0) is 29.8 Å². The van der Waals surface area contributed by atoms with Crippen molar-refractivity contribution in [2.45, 2.75) is 10.9 Å². The Morgan fingerprint density at radius 1 is 1.22 bits per heavy atom. The summed E-state index contributed by atoms with van der Waals surface area (Å²) in [6.07, 6.45) is 3.21. The summed E-state index contributed by atoms with van der Waals surface area (Å²) in [6, 6.07) is 5.69. The third-order valence-electron chi connectivity index (χ3n) is 3.76. The molecule has 0 spiro atoms. The highest BCUT2D eigenvalue weighted by Gasteiger charge is 2.34. The van der Waals surface area contributed by atoms with Crippen LogP contribution in [0.2, 0.25) is 0 Å². The lowest BCUT2D eigenvalue weighted by molar-refractivity contribution is 0.271. The van der Waals surface area contributed by atoms with Gasteiger partial charge in [0.25, 0.3) is 0 Å². The highest BCUT2D eigenvalue weighted by atomic mass is 32.2. The fraction of sp³-hybridized carbons (Fsp3) is 0.267. The van der Waals surface area contributed by atoms with Crippen LogP contribution in [0, 0.1) is 11.6 Å². The molecule has 1 aliphatic rings. The van der Waals surface area contributed by atoms with Crippen LogP contribution in [-0.4, -0.2) is 37.3 Å². The molecule has 1 unspecified atom stereocenters. The van der Waals surface area contributed by atoms with Crippen LogP contribution in [0.4, 0.5) is 8.78 Å². The predicted molar refractivity (Wildman–Crippen MR) is 80.1 cm³/mol. The third kappa shape index (κ3) is 3.10. The number of nitrogens with zero attached hydrogens (tertiary/aromatic N) is 2. The van der Waals surface area contributed by atoms with E-state index in [1.807, 2.05) is 0 Å². The normalized spacial score (nSPS) is 19.7. The van der Waals surface area contributed by atoms with Crippen LogP contribution >= 0.6 is 0 Å². The molecule has 5 nitrogen and oxygen atoms in total. The van der Waals surface area contributed by atoms with E-state index in [0.717, 1.165) is 17.7 Å². The number of pyridine rings is 1. The van der Waals surface area contributed by atoms with Crippen molar-refractivity contribution in [3.05, 3.63) is 59.9 Å². The van der Waals surface area contributed by atoms with E-state index in [2.05, 4.69) is 10.3 Å². The molecule has 2 aromatic rings. The van der Waals surface area contributed by atoms with Gasteiger partial charge in [0, 0.05) is 32.0 Å². The molecule has 8 heteroatoms. The van der Waals surface area contributed by atoms with Crippen molar-refractivity contribution in [1.29, 1.82) is 0 Å². The highest BCUT2D eigenvalue weighted by Crippen LogP contribution is 2.29. The van der Waals surface area contributed by atoms with Gasteiger partial charge in [-0.2, -0.15) is 4.31 Å². The molecule has 1 aliphatic heterocycles. The molecule has 3 rings (SSSR count). The van der Waals surface area contributed by atoms with E-state index >= 15 is 0 Å². The number of hydrogen-bond acceptors (Lipinski definition) is 4. The van der Waals surface area contributed by atoms with Crippen LogP contribution in [0.3, 0.4) is 0 Å². The van der Waals surface area contributed by atoms with E-state index in [-0.39, 0.29) is 11.4 Å². The van der Waals surface area contributed by atoms with Gasteiger partial charge in [0.1, 0.15) is 0 Å². The fourth-order valence-corrected chi connectivity index (χ4v) is 4.23. The molecule has 2 heterocycles. The second-order valence-electron chi connectivity index (χ2n) is 5.20. The highest BCUT2D eigenvalue weighted by molar-refractivity contribution is 7.89. The molecule has 1 fully saturated rings. The average Bonchev–Trinajstić information content (AvgIpc) is 2.58. The number of halogens is 2. The Hall–Kier alpha value is -1.90. The van der Waals surface area contributed by atoms with E-state index in [9.17, 15) is 17.2 Å².